The number of hydrogen-bond donors (Lipinski definition) is 1. The summed E-state index contributed by atoms with van der Waals surface area (Å²) in [6, 6.07) is 0. The van der Waals surface area contributed by atoms with Gasteiger partial charge < -0.3 is 9.84 Å². The first-order valence-electron chi connectivity index (χ1n) is 6.99. The Morgan fingerprint density at radius 3 is 2.94 bits per heavy atom. The SMILES string of the molecule is C=C1CCC[C@]2(C)C[C@]3(O)OC(=O)[C@@H](C)[C@@H]3C[C@H]12. The highest BCUT2D eigenvalue weighted by Crippen LogP contribution is 2.59. The van der Waals surface area contributed by atoms with E-state index in [9.17, 15) is 9.90 Å². The summed E-state index contributed by atoms with van der Waals surface area (Å²) in [4.78, 5) is 11.7. The minimum atomic E-state index is -1.22. The number of allylic oxidation sites excluding steroid dienone is 1. The van der Waals surface area contributed by atoms with Crippen molar-refractivity contribution >= 4 is 5.97 Å². The van der Waals surface area contributed by atoms with E-state index in [4.69, 9.17) is 4.74 Å². The number of carbonyl (C=O) groups is 1. The van der Waals surface area contributed by atoms with E-state index in [1.54, 1.807) is 0 Å². The number of aliphatic hydroxyl groups is 1. The van der Waals surface area contributed by atoms with Crippen LogP contribution < -0.4 is 0 Å². The largest absolute Gasteiger partial charge is 0.433 e. The fourth-order valence-electron chi connectivity index (χ4n) is 4.51. The minimum Gasteiger partial charge on any atom is -0.433 e. The Hall–Kier alpha value is -0.830. The highest BCUT2D eigenvalue weighted by Gasteiger charge is 2.61. The van der Waals surface area contributed by atoms with Crippen molar-refractivity contribution in [2.24, 2.45) is 23.2 Å². The molecular formula is C15H22O3. The number of carbonyl (C=O) groups excluding carboxylic acids is 1. The summed E-state index contributed by atoms with van der Waals surface area (Å²) in [6.07, 6.45) is 4.74. The van der Waals surface area contributed by atoms with Crippen LogP contribution in [0.2, 0.25) is 0 Å². The van der Waals surface area contributed by atoms with Crippen molar-refractivity contribution in [3.05, 3.63) is 12.2 Å². The summed E-state index contributed by atoms with van der Waals surface area (Å²) < 4.78 is 5.30. The lowest BCUT2D eigenvalue weighted by atomic mass is 9.54. The summed E-state index contributed by atoms with van der Waals surface area (Å²) in [6.45, 7) is 8.31. The third-order valence-corrected chi connectivity index (χ3v) is 5.56. The van der Waals surface area contributed by atoms with E-state index in [2.05, 4.69) is 13.5 Å². The Morgan fingerprint density at radius 1 is 1.50 bits per heavy atom. The molecule has 1 N–H and O–H groups in total. The van der Waals surface area contributed by atoms with Crippen LogP contribution in [-0.2, 0) is 9.53 Å². The number of esters is 1. The van der Waals surface area contributed by atoms with Crippen LogP contribution in [0.1, 0.15) is 46.0 Å². The molecule has 0 spiro atoms. The molecule has 3 aliphatic rings. The highest BCUT2D eigenvalue weighted by atomic mass is 16.7. The predicted octanol–water partition coefficient (Wildman–Crippen LogP) is 2.64. The quantitative estimate of drug-likeness (QED) is 0.531. The maximum Gasteiger partial charge on any atom is 0.311 e. The number of hydrogen-bond acceptors (Lipinski definition) is 3. The summed E-state index contributed by atoms with van der Waals surface area (Å²) in [5.74, 6) is -1.27. The van der Waals surface area contributed by atoms with Gasteiger partial charge in [0.1, 0.15) is 0 Å². The third-order valence-electron chi connectivity index (χ3n) is 5.56. The van der Waals surface area contributed by atoms with Crippen LogP contribution in [0.4, 0.5) is 0 Å². The minimum absolute atomic E-state index is 0.0466. The van der Waals surface area contributed by atoms with Crippen molar-refractivity contribution in [1.82, 2.24) is 0 Å². The van der Waals surface area contributed by atoms with E-state index in [-0.39, 0.29) is 23.2 Å². The van der Waals surface area contributed by atoms with Gasteiger partial charge in [-0.05, 0) is 37.0 Å². The first kappa shape index (κ1) is 12.2. The Balaban J connectivity index is 1.96. The fraction of sp³-hybridized carbons (Fsp3) is 0.800. The zero-order valence-corrected chi connectivity index (χ0v) is 11.2. The van der Waals surface area contributed by atoms with Crippen LogP contribution in [0.15, 0.2) is 12.2 Å². The van der Waals surface area contributed by atoms with E-state index in [0.717, 1.165) is 25.7 Å². The van der Waals surface area contributed by atoms with Gasteiger partial charge in [-0.15, -0.1) is 0 Å². The van der Waals surface area contributed by atoms with Crippen LogP contribution in [0.5, 0.6) is 0 Å². The maximum absolute atomic E-state index is 11.7. The average molecular weight is 250 g/mol. The lowest BCUT2D eigenvalue weighted by Crippen LogP contribution is -2.51. The standard InChI is InChI=1S/C15H22O3/c1-9-5-4-6-14(3)8-15(17)12(7-11(9)14)10(2)13(16)18-15/h10-12,17H,1,4-8H2,2-3H3/t10-,11+,12-,14+,15-/m0/s1. The molecule has 18 heavy (non-hydrogen) atoms. The molecular weight excluding hydrogens is 228 g/mol. The zero-order valence-electron chi connectivity index (χ0n) is 11.2. The molecule has 100 valence electrons. The van der Waals surface area contributed by atoms with Gasteiger partial charge in [-0.25, -0.2) is 0 Å². The number of rotatable bonds is 0. The monoisotopic (exact) mass is 250 g/mol. The molecule has 3 fully saturated rings. The van der Waals surface area contributed by atoms with E-state index >= 15 is 0 Å². The van der Waals surface area contributed by atoms with Crippen LogP contribution >= 0.6 is 0 Å². The van der Waals surface area contributed by atoms with Crippen molar-refractivity contribution in [3.63, 3.8) is 0 Å². The molecule has 0 aromatic heterocycles. The first-order valence-corrected chi connectivity index (χ1v) is 6.99. The fourth-order valence-corrected chi connectivity index (χ4v) is 4.51. The molecule has 1 aliphatic heterocycles. The normalized spacial score (nSPS) is 51.6. The van der Waals surface area contributed by atoms with Gasteiger partial charge in [0.2, 0.25) is 5.79 Å². The van der Waals surface area contributed by atoms with Crippen LogP contribution in [0.25, 0.3) is 0 Å². The van der Waals surface area contributed by atoms with E-state index in [1.807, 2.05) is 6.92 Å². The van der Waals surface area contributed by atoms with Gasteiger partial charge in [-0.2, -0.15) is 0 Å². The average Bonchev–Trinajstić information content (AvgIpc) is 2.46. The third kappa shape index (κ3) is 1.49. The van der Waals surface area contributed by atoms with Gasteiger partial charge in [0.05, 0.1) is 5.92 Å². The second-order valence-corrected chi connectivity index (χ2v) is 6.79. The number of fused-ring (bicyclic) bond motifs is 2. The van der Waals surface area contributed by atoms with E-state index in [1.165, 1.54) is 5.57 Å². The second kappa shape index (κ2) is 3.60. The molecule has 0 bridgehead atoms. The molecule has 1 heterocycles. The molecule has 2 aliphatic carbocycles. The summed E-state index contributed by atoms with van der Waals surface area (Å²) in [5, 5.41) is 10.7. The Kier molecular flexibility index (Phi) is 2.44. The van der Waals surface area contributed by atoms with Crippen molar-refractivity contribution in [1.29, 1.82) is 0 Å². The zero-order chi connectivity index (χ0) is 13.1. The van der Waals surface area contributed by atoms with E-state index < -0.39 is 5.79 Å². The molecule has 0 unspecified atom stereocenters. The topological polar surface area (TPSA) is 46.5 Å². The first-order chi connectivity index (χ1) is 8.36. The van der Waals surface area contributed by atoms with Crippen molar-refractivity contribution < 1.29 is 14.6 Å². The van der Waals surface area contributed by atoms with Crippen LogP contribution in [0, 0.1) is 23.2 Å². The lowest BCUT2D eigenvalue weighted by Gasteiger charge is -2.52. The van der Waals surface area contributed by atoms with Gasteiger partial charge in [0, 0.05) is 12.3 Å². The van der Waals surface area contributed by atoms with Crippen LogP contribution in [0.3, 0.4) is 0 Å². The van der Waals surface area contributed by atoms with Gasteiger partial charge >= 0.3 is 5.97 Å². The molecule has 0 aromatic carbocycles. The summed E-state index contributed by atoms with van der Waals surface area (Å²) >= 11 is 0. The molecule has 0 radical (unpaired) electrons. The second-order valence-electron chi connectivity index (χ2n) is 6.79. The molecule has 1 saturated heterocycles. The van der Waals surface area contributed by atoms with Gasteiger partial charge in [-0.1, -0.05) is 26.0 Å². The maximum atomic E-state index is 11.7. The Labute approximate surface area is 108 Å². The summed E-state index contributed by atoms with van der Waals surface area (Å²) in [7, 11) is 0. The molecule has 0 aromatic rings. The van der Waals surface area contributed by atoms with E-state index in [0.29, 0.717) is 12.3 Å². The van der Waals surface area contributed by atoms with Crippen molar-refractivity contribution in [3.8, 4) is 0 Å². The lowest BCUT2D eigenvalue weighted by molar-refractivity contribution is -0.237. The molecule has 3 heteroatoms. The highest BCUT2D eigenvalue weighted by molar-refractivity contribution is 5.75. The Morgan fingerprint density at radius 2 is 2.22 bits per heavy atom. The molecule has 5 atom stereocenters. The molecule has 3 nitrogen and oxygen atoms in total. The van der Waals surface area contributed by atoms with Gasteiger partial charge in [0.25, 0.3) is 0 Å². The van der Waals surface area contributed by atoms with Crippen molar-refractivity contribution in [2.45, 2.75) is 51.7 Å². The van der Waals surface area contributed by atoms with Gasteiger partial charge in [0.15, 0.2) is 0 Å². The van der Waals surface area contributed by atoms with Crippen LogP contribution in [-0.4, -0.2) is 16.9 Å². The molecule has 0 amide bonds. The Bertz CT molecular complexity index is 414. The summed E-state index contributed by atoms with van der Waals surface area (Å²) in [5.41, 5.74) is 1.35. The predicted molar refractivity (Wildman–Crippen MR) is 67.5 cm³/mol. The molecule has 2 saturated carbocycles. The van der Waals surface area contributed by atoms with Gasteiger partial charge in [-0.3, -0.25) is 4.79 Å². The smallest absolute Gasteiger partial charge is 0.311 e. The van der Waals surface area contributed by atoms with Crippen molar-refractivity contribution in [2.75, 3.05) is 0 Å². The molecule has 3 rings (SSSR count). The number of ether oxygens (including phenoxy) is 1.